The topological polar surface area (TPSA) is 70.7 Å². The third-order valence-electron chi connectivity index (χ3n) is 3.69. The first kappa shape index (κ1) is 14.1. The molecule has 2 fully saturated rings. The lowest BCUT2D eigenvalue weighted by atomic mass is 10.0. The molecule has 0 saturated carbocycles. The number of hydrogen-bond donors (Lipinski definition) is 2. The number of alkyl carbamates (subject to hydrolysis) is 1. The smallest absolute Gasteiger partial charge is 0.407 e. The van der Waals surface area contributed by atoms with E-state index in [1.54, 1.807) is 6.92 Å². The van der Waals surface area contributed by atoms with Crippen LogP contribution in [0.2, 0.25) is 0 Å². The minimum atomic E-state index is -0.388. The van der Waals surface area contributed by atoms with Crippen LogP contribution < -0.4 is 10.6 Å². The number of likely N-dealkylation sites (tertiary alicyclic amines) is 1. The summed E-state index contributed by atoms with van der Waals surface area (Å²) in [5, 5.41) is 6.05. The van der Waals surface area contributed by atoms with Gasteiger partial charge in [0.1, 0.15) is 0 Å². The van der Waals surface area contributed by atoms with Crippen molar-refractivity contribution in [3.8, 4) is 0 Å². The highest BCUT2D eigenvalue weighted by atomic mass is 16.5. The van der Waals surface area contributed by atoms with E-state index < -0.39 is 0 Å². The first-order chi connectivity index (χ1) is 9.20. The highest BCUT2D eigenvalue weighted by molar-refractivity contribution is 5.82. The maximum Gasteiger partial charge on any atom is 0.407 e. The van der Waals surface area contributed by atoms with E-state index in [9.17, 15) is 9.59 Å². The molecule has 0 radical (unpaired) electrons. The van der Waals surface area contributed by atoms with Gasteiger partial charge in [0, 0.05) is 19.1 Å². The average molecular weight is 269 g/mol. The van der Waals surface area contributed by atoms with E-state index in [2.05, 4.69) is 10.6 Å². The molecule has 2 amide bonds. The average Bonchev–Trinajstić information content (AvgIpc) is 2.92. The van der Waals surface area contributed by atoms with Crippen molar-refractivity contribution in [2.45, 2.75) is 44.7 Å². The Morgan fingerprint density at radius 2 is 2.21 bits per heavy atom. The molecule has 0 spiro atoms. The van der Waals surface area contributed by atoms with E-state index in [-0.39, 0.29) is 24.1 Å². The molecule has 2 rings (SSSR count). The van der Waals surface area contributed by atoms with Crippen LogP contribution >= 0.6 is 0 Å². The van der Waals surface area contributed by atoms with Crippen LogP contribution in [-0.4, -0.2) is 55.2 Å². The SMILES string of the molecule is CCOC(=O)NC1CCCN(C(=O)[C@@H]2CCCN2)C1. The van der Waals surface area contributed by atoms with Crippen molar-refractivity contribution >= 4 is 12.0 Å². The van der Waals surface area contributed by atoms with Crippen molar-refractivity contribution in [2.75, 3.05) is 26.2 Å². The maximum atomic E-state index is 12.3. The van der Waals surface area contributed by atoms with E-state index in [1.165, 1.54) is 0 Å². The van der Waals surface area contributed by atoms with Gasteiger partial charge >= 0.3 is 6.09 Å². The Kier molecular flexibility index (Phi) is 5.01. The number of nitrogens with zero attached hydrogens (tertiary/aromatic N) is 1. The summed E-state index contributed by atoms with van der Waals surface area (Å²) in [7, 11) is 0. The number of amides is 2. The second-order valence-electron chi connectivity index (χ2n) is 5.14. The number of nitrogens with one attached hydrogen (secondary N) is 2. The van der Waals surface area contributed by atoms with E-state index in [1.807, 2.05) is 4.90 Å². The molecule has 0 aliphatic carbocycles. The second kappa shape index (κ2) is 6.75. The minimum absolute atomic E-state index is 0.0122. The number of ether oxygens (including phenoxy) is 1. The van der Waals surface area contributed by atoms with Crippen molar-refractivity contribution in [3.63, 3.8) is 0 Å². The van der Waals surface area contributed by atoms with Crippen LogP contribution in [0, 0.1) is 0 Å². The lowest BCUT2D eigenvalue weighted by molar-refractivity contribution is -0.134. The molecule has 2 saturated heterocycles. The zero-order chi connectivity index (χ0) is 13.7. The van der Waals surface area contributed by atoms with Crippen LogP contribution in [-0.2, 0) is 9.53 Å². The van der Waals surface area contributed by atoms with Gasteiger partial charge < -0.3 is 20.3 Å². The van der Waals surface area contributed by atoms with Gasteiger partial charge in [-0.3, -0.25) is 4.79 Å². The number of rotatable bonds is 3. The monoisotopic (exact) mass is 269 g/mol. The molecule has 1 unspecified atom stereocenters. The quantitative estimate of drug-likeness (QED) is 0.781. The van der Waals surface area contributed by atoms with Gasteiger partial charge in [0.15, 0.2) is 0 Å². The molecule has 6 nitrogen and oxygen atoms in total. The maximum absolute atomic E-state index is 12.3. The van der Waals surface area contributed by atoms with Gasteiger partial charge in [0.25, 0.3) is 0 Å². The molecule has 2 heterocycles. The highest BCUT2D eigenvalue weighted by Gasteiger charge is 2.30. The molecule has 19 heavy (non-hydrogen) atoms. The normalized spacial score (nSPS) is 27.1. The van der Waals surface area contributed by atoms with Crippen LogP contribution in [0.1, 0.15) is 32.6 Å². The number of carbonyl (C=O) groups excluding carboxylic acids is 2. The molecule has 108 valence electrons. The number of hydrogen-bond acceptors (Lipinski definition) is 4. The van der Waals surface area contributed by atoms with Gasteiger partial charge in [-0.05, 0) is 39.2 Å². The Balaban J connectivity index is 1.82. The molecule has 2 aliphatic rings. The van der Waals surface area contributed by atoms with E-state index in [0.29, 0.717) is 13.2 Å². The van der Waals surface area contributed by atoms with Crippen LogP contribution in [0.3, 0.4) is 0 Å². The Morgan fingerprint density at radius 3 is 2.89 bits per heavy atom. The Bertz CT molecular complexity index is 329. The largest absolute Gasteiger partial charge is 0.450 e. The Morgan fingerprint density at radius 1 is 1.37 bits per heavy atom. The van der Waals surface area contributed by atoms with Crippen molar-refractivity contribution in [3.05, 3.63) is 0 Å². The number of carbonyl (C=O) groups is 2. The first-order valence-electron chi connectivity index (χ1n) is 7.16. The summed E-state index contributed by atoms with van der Waals surface area (Å²) in [4.78, 5) is 25.5. The third-order valence-corrected chi connectivity index (χ3v) is 3.69. The van der Waals surface area contributed by atoms with E-state index in [0.717, 1.165) is 38.8 Å². The zero-order valence-corrected chi connectivity index (χ0v) is 11.5. The zero-order valence-electron chi connectivity index (χ0n) is 11.5. The molecule has 0 aromatic rings. The summed E-state index contributed by atoms with van der Waals surface area (Å²) in [5.74, 6) is 0.174. The summed E-state index contributed by atoms with van der Waals surface area (Å²) in [6, 6.07) is -0.0144. The fourth-order valence-corrected chi connectivity index (χ4v) is 2.75. The van der Waals surface area contributed by atoms with Crippen molar-refractivity contribution in [1.82, 2.24) is 15.5 Å². The minimum Gasteiger partial charge on any atom is -0.450 e. The molecular weight excluding hydrogens is 246 g/mol. The molecule has 2 atom stereocenters. The molecule has 2 N–H and O–H groups in total. The van der Waals surface area contributed by atoms with Gasteiger partial charge in [-0.1, -0.05) is 0 Å². The number of piperidine rings is 1. The third kappa shape index (κ3) is 3.83. The molecule has 0 aromatic heterocycles. The van der Waals surface area contributed by atoms with Crippen molar-refractivity contribution in [2.24, 2.45) is 0 Å². The Labute approximate surface area is 113 Å². The van der Waals surface area contributed by atoms with Gasteiger partial charge in [0.2, 0.25) is 5.91 Å². The van der Waals surface area contributed by atoms with Gasteiger partial charge in [-0.25, -0.2) is 4.79 Å². The summed E-state index contributed by atoms with van der Waals surface area (Å²) >= 11 is 0. The summed E-state index contributed by atoms with van der Waals surface area (Å²) in [6.45, 7) is 4.46. The van der Waals surface area contributed by atoms with Crippen LogP contribution in [0.5, 0.6) is 0 Å². The van der Waals surface area contributed by atoms with E-state index >= 15 is 0 Å². The lowest BCUT2D eigenvalue weighted by Crippen LogP contribution is -2.53. The molecule has 0 bridgehead atoms. The van der Waals surface area contributed by atoms with Gasteiger partial charge in [0.05, 0.1) is 12.6 Å². The van der Waals surface area contributed by atoms with Crippen molar-refractivity contribution in [1.29, 1.82) is 0 Å². The summed E-state index contributed by atoms with van der Waals surface area (Å²) in [5.41, 5.74) is 0. The van der Waals surface area contributed by atoms with Crippen molar-refractivity contribution < 1.29 is 14.3 Å². The predicted molar refractivity (Wildman–Crippen MR) is 70.8 cm³/mol. The van der Waals surface area contributed by atoms with E-state index in [4.69, 9.17) is 4.74 Å². The second-order valence-corrected chi connectivity index (χ2v) is 5.14. The Hall–Kier alpha value is -1.30. The molecular formula is C13H23N3O3. The summed E-state index contributed by atoms with van der Waals surface area (Å²) < 4.78 is 4.87. The van der Waals surface area contributed by atoms with Crippen LogP contribution in [0.25, 0.3) is 0 Å². The summed E-state index contributed by atoms with van der Waals surface area (Å²) in [6.07, 6.45) is 3.43. The fourth-order valence-electron chi connectivity index (χ4n) is 2.75. The lowest BCUT2D eigenvalue weighted by Gasteiger charge is -2.34. The van der Waals surface area contributed by atoms with Gasteiger partial charge in [-0.15, -0.1) is 0 Å². The fraction of sp³-hybridized carbons (Fsp3) is 0.846. The van der Waals surface area contributed by atoms with Gasteiger partial charge in [-0.2, -0.15) is 0 Å². The molecule has 0 aromatic carbocycles. The standard InChI is InChI=1S/C13H23N3O3/c1-2-19-13(18)15-10-5-4-8-16(9-10)12(17)11-6-3-7-14-11/h10-11,14H,2-9H2,1H3,(H,15,18)/t10?,11-/m0/s1. The molecule has 2 aliphatic heterocycles. The van der Waals surface area contributed by atoms with Crippen LogP contribution in [0.15, 0.2) is 0 Å². The van der Waals surface area contributed by atoms with Crippen LogP contribution in [0.4, 0.5) is 4.79 Å². The molecule has 6 heteroatoms. The highest BCUT2D eigenvalue weighted by Crippen LogP contribution is 2.15. The predicted octanol–water partition coefficient (Wildman–Crippen LogP) is 0.476. The first-order valence-corrected chi connectivity index (χ1v) is 7.16.